The van der Waals surface area contributed by atoms with Gasteiger partial charge in [0.2, 0.25) is 11.8 Å². The van der Waals surface area contributed by atoms with Gasteiger partial charge < -0.3 is 16.0 Å². The predicted octanol–water partition coefficient (Wildman–Crippen LogP) is 0.663. The Labute approximate surface area is 123 Å². The fraction of sp³-hybridized carbons (Fsp3) is 0.400. The van der Waals surface area contributed by atoms with Gasteiger partial charge in [0.05, 0.1) is 17.2 Å². The van der Waals surface area contributed by atoms with Crippen molar-refractivity contribution >= 4 is 23.4 Å². The van der Waals surface area contributed by atoms with E-state index in [2.05, 4.69) is 5.32 Å². The summed E-state index contributed by atoms with van der Waals surface area (Å²) in [5.74, 6) is -1.42. The van der Waals surface area contributed by atoms with Crippen LogP contribution in [-0.2, 0) is 9.59 Å². The molecular formula is C15H19N3O3. The fourth-order valence-corrected chi connectivity index (χ4v) is 2.37. The summed E-state index contributed by atoms with van der Waals surface area (Å²) in [5, 5.41) is 2.80. The summed E-state index contributed by atoms with van der Waals surface area (Å²) >= 11 is 0. The topological polar surface area (TPSA) is 92.5 Å². The highest BCUT2D eigenvalue weighted by Crippen LogP contribution is 2.28. The molecule has 3 amide bonds. The smallest absolute Gasteiger partial charge is 0.253 e. The van der Waals surface area contributed by atoms with Gasteiger partial charge >= 0.3 is 0 Å². The van der Waals surface area contributed by atoms with Crippen LogP contribution in [0.3, 0.4) is 0 Å². The minimum absolute atomic E-state index is 0.00166. The van der Waals surface area contributed by atoms with Crippen LogP contribution in [0, 0.1) is 5.92 Å². The van der Waals surface area contributed by atoms with E-state index in [1.165, 1.54) is 4.90 Å². The third kappa shape index (κ3) is 3.21. The van der Waals surface area contributed by atoms with Crippen LogP contribution in [0.15, 0.2) is 24.3 Å². The van der Waals surface area contributed by atoms with Crippen LogP contribution in [0.1, 0.15) is 30.6 Å². The van der Waals surface area contributed by atoms with Crippen LogP contribution in [0.4, 0.5) is 5.69 Å². The van der Waals surface area contributed by atoms with E-state index in [0.717, 1.165) is 0 Å². The van der Waals surface area contributed by atoms with Crippen LogP contribution in [-0.4, -0.2) is 30.3 Å². The molecule has 1 fully saturated rings. The molecule has 0 aliphatic carbocycles. The third-order valence-electron chi connectivity index (χ3n) is 3.39. The molecule has 0 saturated carbocycles. The summed E-state index contributed by atoms with van der Waals surface area (Å²) < 4.78 is 0. The second kappa shape index (κ2) is 5.95. The summed E-state index contributed by atoms with van der Waals surface area (Å²) in [6, 6.07) is 6.87. The number of primary amides is 1. The molecule has 0 bridgehead atoms. The molecule has 0 spiro atoms. The zero-order chi connectivity index (χ0) is 15.6. The Morgan fingerprint density at radius 2 is 2.00 bits per heavy atom. The molecule has 112 valence electrons. The van der Waals surface area contributed by atoms with Crippen LogP contribution in [0.2, 0.25) is 0 Å². The zero-order valence-corrected chi connectivity index (χ0v) is 12.1. The Morgan fingerprint density at radius 3 is 2.57 bits per heavy atom. The van der Waals surface area contributed by atoms with E-state index in [4.69, 9.17) is 5.73 Å². The van der Waals surface area contributed by atoms with Crippen molar-refractivity contribution in [1.82, 2.24) is 5.32 Å². The summed E-state index contributed by atoms with van der Waals surface area (Å²) in [6.45, 7) is 3.95. The van der Waals surface area contributed by atoms with Gasteiger partial charge in [-0.3, -0.25) is 14.4 Å². The monoisotopic (exact) mass is 289 g/mol. The molecule has 0 aromatic heterocycles. The highest BCUT2D eigenvalue weighted by Gasteiger charge is 2.35. The maximum Gasteiger partial charge on any atom is 0.253 e. The van der Waals surface area contributed by atoms with E-state index >= 15 is 0 Å². The number of rotatable bonds is 4. The van der Waals surface area contributed by atoms with E-state index in [1.807, 2.05) is 13.8 Å². The molecule has 1 aliphatic heterocycles. The Morgan fingerprint density at radius 1 is 1.33 bits per heavy atom. The fourth-order valence-electron chi connectivity index (χ4n) is 2.37. The number of benzene rings is 1. The summed E-state index contributed by atoms with van der Waals surface area (Å²) in [5.41, 5.74) is 6.21. The van der Waals surface area contributed by atoms with Gasteiger partial charge in [-0.2, -0.15) is 0 Å². The lowest BCUT2D eigenvalue weighted by molar-refractivity contribution is -0.123. The Kier molecular flexibility index (Phi) is 4.26. The van der Waals surface area contributed by atoms with E-state index in [1.54, 1.807) is 24.3 Å². The lowest BCUT2D eigenvalue weighted by atomic mass is 10.1. The maximum atomic E-state index is 12.2. The van der Waals surface area contributed by atoms with Crippen LogP contribution < -0.4 is 16.0 Å². The standard InChI is InChI=1S/C15H19N3O3/c1-9(2)17-15(21)11-5-3-4-6-12(11)18-8-10(14(16)20)7-13(18)19/h3-6,9-10H,7-8H2,1-2H3,(H2,16,20)(H,17,21). The van der Waals surface area contributed by atoms with Gasteiger partial charge in [0.1, 0.15) is 0 Å². The number of nitrogens with two attached hydrogens (primary N) is 1. The largest absolute Gasteiger partial charge is 0.369 e. The van der Waals surface area contributed by atoms with Gasteiger partial charge in [-0.1, -0.05) is 12.1 Å². The first-order valence-corrected chi connectivity index (χ1v) is 6.89. The first-order valence-electron chi connectivity index (χ1n) is 6.89. The molecule has 1 unspecified atom stereocenters. The van der Waals surface area contributed by atoms with Crippen LogP contribution in [0.5, 0.6) is 0 Å². The minimum atomic E-state index is -0.501. The lowest BCUT2D eigenvalue weighted by Gasteiger charge is -2.20. The number of anilines is 1. The second-order valence-electron chi connectivity index (χ2n) is 5.45. The van der Waals surface area contributed by atoms with Crippen molar-refractivity contribution < 1.29 is 14.4 Å². The SMILES string of the molecule is CC(C)NC(=O)c1ccccc1N1CC(C(N)=O)CC1=O. The van der Waals surface area contributed by atoms with E-state index in [9.17, 15) is 14.4 Å². The zero-order valence-electron chi connectivity index (χ0n) is 12.1. The van der Waals surface area contributed by atoms with Crippen molar-refractivity contribution in [3.8, 4) is 0 Å². The highest BCUT2D eigenvalue weighted by atomic mass is 16.2. The first kappa shape index (κ1) is 15.0. The van der Waals surface area contributed by atoms with Gasteiger partial charge in [0.15, 0.2) is 0 Å². The summed E-state index contributed by atoms with van der Waals surface area (Å²) in [7, 11) is 0. The normalized spacial score (nSPS) is 18.1. The van der Waals surface area contributed by atoms with Crippen molar-refractivity contribution in [1.29, 1.82) is 0 Å². The summed E-state index contributed by atoms with van der Waals surface area (Å²) in [4.78, 5) is 37.0. The number of nitrogens with one attached hydrogen (secondary N) is 1. The molecule has 0 radical (unpaired) electrons. The maximum absolute atomic E-state index is 12.2. The van der Waals surface area contributed by atoms with E-state index in [0.29, 0.717) is 11.3 Å². The van der Waals surface area contributed by atoms with Crippen LogP contribution >= 0.6 is 0 Å². The number of amides is 3. The quantitative estimate of drug-likeness (QED) is 0.853. The molecule has 3 N–H and O–H groups in total. The van der Waals surface area contributed by atoms with Crippen molar-refractivity contribution in [2.45, 2.75) is 26.3 Å². The Balaban J connectivity index is 2.30. The Bertz CT molecular complexity index is 583. The first-order chi connectivity index (χ1) is 9.90. The van der Waals surface area contributed by atoms with Gasteiger partial charge in [-0.25, -0.2) is 0 Å². The molecule has 1 heterocycles. The molecule has 1 aromatic rings. The van der Waals surface area contributed by atoms with Gasteiger partial charge in [0.25, 0.3) is 5.91 Å². The predicted molar refractivity (Wildman–Crippen MR) is 78.7 cm³/mol. The number of hydrogen-bond donors (Lipinski definition) is 2. The van der Waals surface area contributed by atoms with E-state index < -0.39 is 11.8 Å². The molecule has 6 nitrogen and oxygen atoms in total. The molecule has 1 atom stereocenters. The third-order valence-corrected chi connectivity index (χ3v) is 3.39. The molecular weight excluding hydrogens is 270 g/mol. The molecule has 6 heteroatoms. The molecule has 1 aliphatic rings. The molecule has 1 aromatic carbocycles. The van der Waals surface area contributed by atoms with E-state index in [-0.39, 0.29) is 30.8 Å². The minimum Gasteiger partial charge on any atom is -0.369 e. The number of carbonyl (C=O) groups excluding carboxylic acids is 3. The van der Waals surface area contributed by atoms with Crippen LogP contribution in [0.25, 0.3) is 0 Å². The lowest BCUT2D eigenvalue weighted by Crippen LogP contribution is -2.33. The highest BCUT2D eigenvalue weighted by molar-refractivity contribution is 6.07. The number of nitrogens with zero attached hydrogens (tertiary/aromatic N) is 1. The van der Waals surface area contributed by atoms with Crippen molar-refractivity contribution in [3.63, 3.8) is 0 Å². The van der Waals surface area contributed by atoms with Crippen molar-refractivity contribution in [3.05, 3.63) is 29.8 Å². The van der Waals surface area contributed by atoms with Gasteiger partial charge in [-0.15, -0.1) is 0 Å². The molecule has 21 heavy (non-hydrogen) atoms. The number of para-hydroxylation sites is 1. The average Bonchev–Trinajstić information content (AvgIpc) is 2.80. The Hall–Kier alpha value is -2.37. The van der Waals surface area contributed by atoms with Crippen molar-refractivity contribution in [2.24, 2.45) is 11.7 Å². The van der Waals surface area contributed by atoms with Gasteiger partial charge in [-0.05, 0) is 26.0 Å². The molecule has 2 rings (SSSR count). The molecule has 1 saturated heterocycles. The second-order valence-corrected chi connectivity index (χ2v) is 5.45. The number of carbonyl (C=O) groups is 3. The van der Waals surface area contributed by atoms with Crippen molar-refractivity contribution in [2.75, 3.05) is 11.4 Å². The number of hydrogen-bond acceptors (Lipinski definition) is 3. The van der Waals surface area contributed by atoms with Gasteiger partial charge in [0, 0.05) is 19.0 Å². The summed E-state index contributed by atoms with van der Waals surface area (Å²) in [6.07, 6.45) is 0.0927. The average molecular weight is 289 g/mol.